The lowest BCUT2D eigenvalue weighted by Gasteiger charge is -2.19. The van der Waals surface area contributed by atoms with E-state index in [1.165, 1.54) is 49.9 Å². The zero-order valence-corrected chi connectivity index (χ0v) is 18.1. The Bertz CT molecular complexity index is 1120. The SMILES string of the molecule is Cc1csc(-c2nc(Nc3ccc(CN4CCCCCC4)cc3)nc3[nH]ccc23)c1. The molecule has 5 rings (SSSR count). The number of likely N-dealkylation sites (tertiary alicyclic amines) is 1. The largest absolute Gasteiger partial charge is 0.346 e. The van der Waals surface area contributed by atoms with Crippen molar-refractivity contribution >= 4 is 34.0 Å². The highest BCUT2D eigenvalue weighted by atomic mass is 32.1. The second kappa shape index (κ2) is 8.58. The lowest BCUT2D eigenvalue weighted by molar-refractivity contribution is 0.277. The van der Waals surface area contributed by atoms with Gasteiger partial charge in [0, 0.05) is 23.8 Å². The highest BCUT2D eigenvalue weighted by Crippen LogP contribution is 2.32. The van der Waals surface area contributed by atoms with Gasteiger partial charge >= 0.3 is 0 Å². The minimum absolute atomic E-state index is 0.617. The first kappa shape index (κ1) is 19.3. The molecule has 4 aromatic rings. The van der Waals surface area contributed by atoms with Crippen LogP contribution in [0.1, 0.15) is 36.8 Å². The number of rotatable bonds is 5. The number of aromatic nitrogens is 3. The van der Waals surface area contributed by atoms with Gasteiger partial charge in [-0.25, -0.2) is 4.98 Å². The summed E-state index contributed by atoms with van der Waals surface area (Å²) in [7, 11) is 0. The number of benzene rings is 1. The van der Waals surface area contributed by atoms with Crippen molar-refractivity contribution in [2.24, 2.45) is 0 Å². The maximum absolute atomic E-state index is 4.84. The number of thiophene rings is 1. The number of nitrogens with one attached hydrogen (secondary N) is 2. The predicted molar refractivity (Wildman–Crippen MR) is 125 cm³/mol. The second-order valence-corrected chi connectivity index (χ2v) is 9.05. The Kier molecular flexibility index (Phi) is 5.51. The molecule has 0 saturated carbocycles. The molecule has 4 heterocycles. The maximum Gasteiger partial charge on any atom is 0.229 e. The highest BCUT2D eigenvalue weighted by Gasteiger charge is 2.13. The molecule has 0 unspecified atom stereocenters. The van der Waals surface area contributed by atoms with E-state index in [4.69, 9.17) is 4.98 Å². The van der Waals surface area contributed by atoms with Crippen molar-refractivity contribution in [2.75, 3.05) is 18.4 Å². The van der Waals surface area contributed by atoms with Gasteiger partial charge in [-0.05, 0) is 73.6 Å². The van der Waals surface area contributed by atoms with Crippen molar-refractivity contribution in [2.45, 2.75) is 39.2 Å². The van der Waals surface area contributed by atoms with Crippen molar-refractivity contribution in [3.63, 3.8) is 0 Å². The first-order valence-electron chi connectivity index (χ1n) is 10.7. The molecule has 0 aliphatic carbocycles. The molecule has 6 heteroatoms. The van der Waals surface area contributed by atoms with Gasteiger partial charge in [0.15, 0.2) is 0 Å². The number of hydrogen-bond acceptors (Lipinski definition) is 5. The average molecular weight is 418 g/mol. The van der Waals surface area contributed by atoms with E-state index >= 15 is 0 Å². The molecule has 5 nitrogen and oxygen atoms in total. The third kappa shape index (κ3) is 4.25. The van der Waals surface area contributed by atoms with E-state index in [9.17, 15) is 0 Å². The monoisotopic (exact) mass is 417 g/mol. The number of anilines is 2. The van der Waals surface area contributed by atoms with Gasteiger partial charge in [0.2, 0.25) is 5.95 Å². The first-order valence-corrected chi connectivity index (χ1v) is 11.6. The third-order valence-electron chi connectivity index (χ3n) is 5.69. The Balaban J connectivity index is 1.35. The molecule has 0 atom stereocenters. The van der Waals surface area contributed by atoms with Crippen LogP contribution in [0.5, 0.6) is 0 Å². The van der Waals surface area contributed by atoms with E-state index in [0.717, 1.165) is 33.8 Å². The van der Waals surface area contributed by atoms with Gasteiger partial charge in [0.1, 0.15) is 5.65 Å². The van der Waals surface area contributed by atoms with Crippen LogP contribution in [0.2, 0.25) is 0 Å². The minimum atomic E-state index is 0.617. The summed E-state index contributed by atoms with van der Waals surface area (Å²) >= 11 is 1.72. The molecule has 2 N–H and O–H groups in total. The zero-order valence-electron chi connectivity index (χ0n) is 17.3. The molecular formula is C24H27N5S. The normalized spacial score (nSPS) is 15.4. The summed E-state index contributed by atoms with van der Waals surface area (Å²) in [4.78, 5) is 16.5. The van der Waals surface area contributed by atoms with Gasteiger partial charge in [-0.2, -0.15) is 4.98 Å². The average Bonchev–Trinajstić information content (AvgIpc) is 3.32. The fourth-order valence-electron chi connectivity index (χ4n) is 4.12. The van der Waals surface area contributed by atoms with Crippen LogP contribution in [0.15, 0.2) is 48.0 Å². The molecule has 1 fully saturated rings. The molecule has 3 aromatic heterocycles. The number of aryl methyl sites for hydroxylation is 1. The number of aromatic amines is 1. The quantitative estimate of drug-likeness (QED) is 0.411. The van der Waals surface area contributed by atoms with Gasteiger partial charge in [-0.1, -0.05) is 25.0 Å². The number of H-pyrrole nitrogens is 1. The van der Waals surface area contributed by atoms with Gasteiger partial charge in [-0.15, -0.1) is 11.3 Å². The van der Waals surface area contributed by atoms with Crippen LogP contribution in [0.25, 0.3) is 21.6 Å². The summed E-state index contributed by atoms with van der Waals surface area (Å²) < 4.78 is 0. The smallest absolute Gasteiger partial charge is 0.229 e. The van der Waals surface area contributed by atoms with Crippen LogP contribution >= 0.6 is 11.3 Å². The van der Waals surface area contributed by atoms with E-state index in [1.54, 1.807) is 11.3 Å². The van der Waals surface area contributed by atoms with Gasteiger partial charge in [-0.3, -0.25) is 4.90 Å². The van der Waals surface area contributed by atoms with Crippen molar-refractivity contribution in [3.8, 4) is 10.6 Å². The topological polar surface area (TPSA) is 56.8 Å². The highest BCUT2D eigenvalue weighted by molar-refractivity contribution is 7.13. The Hall–Kier alpha value is -2.70. The molecule has 1 aromatic carbocycles. The molecule has 1 aliphatic rings. The number of hydrogen-bond donors (Lipinski definition) is 2. The molecular weight excluding hydrogens is 390 g/mol. The van der Waals surface area contributed by atoms with Crippen LogP contribution < -0.4 is 5.32 Å². The predicted octanol–water partition coefficient (Wildman–Crippen LogP) is 6.11. The van der Waals surface area contributed by atoms with E-state index < -0.39 is 0 Å². The van der Waals surface area contributed by atoms with Gasteiger partial charge in [0.25, 0.3) is 0 Å². The van der Waals surface area contributed by atoms with Crippen LogP contribution in [0, 0.1) is 6.92 Å². The summed E-state index contributed by atoms with van der Waals surface area (Å²) in [5.41, 5.74) is 5.45. The van der Waals surface area contributed by atoms with E-state index in [0.29, 0.717) is 5.95 Å². The lowest BCUT2D eigenvalue weighted by Crippen LogP contribution is -2.23. The summed E-state index contributed by atoms with van der Waals surface area (Å²) in [6, 6.07) is 12.9. The summed E-state index contributed by atoms with van der Waals surface area (Å²) in [5.74, 6) is 0.617. The van der Waals surface area contributed by atoms with Crippen LogP contribution in [0.3, 0.4) is 0 Å². The molecule has 30 heavy (non-hydrogen) atoms. The summed E-state index contributed by atoms with van der Waals surface area (Å²) in [6.07, 6.45) is 7.31. The van der Waals surface area contributed by atoms with Crippen molar-refractivity contribution in [1.29, 1.82) is 0 Å². The molecule has 0 amide bonds. The van der Waals surface area contributed by atoms with Crippen molar-refractivity contribution in [3.05, 3.63) is 59.1 Å². The molecule has 0 spiro atoms. The van der Waals surface area contributed by atoms with Crippen LogP contribution in [-0.2, 0) is 6.54 Å². The molecule has 0 bridgehead atoms. The van der Waals surface area contributed by atoms with Crippen LogP contribution in [0.4, 0.5) is 11.6 Å². The Morgan fingerprint density at radius 1 is 1.03 bits per heavy atom. The summed E-state index contributed by atoms with van der Waals surface area (Å²) in [6.45, 7) is 5.58. The lowest BCUT2D eigenvalue weighted by atomic mass is 10.2. The molecule has 0 radical (unpaired) electrons. The molecule has 1 saturated heterocycles. The Morgan fingerprint density at radius 2 is 1.83 bits per heavy atom. The Labute approximate surface area is 181 Å². The zero-order chi connectivity index (χ0) is 20.3. The van der Waals surface area contributed by atoms with Gasteiger partial charge in [0.05, 0.1) is 10.6 Å². The fraction of sp³-hybridized carbons (Fsp3) is 0.333. The molecule has 1 aliphatic heterocycles. The van der Waals surface area contributed by atoms with Crippen molar-refractivity contribution in [1.82, 2.24) is 19.9 Å². The maximum atomic E-state index is 4.84. The number of fused-ring (bicyclic) bond motifs is 1. The summed E-state index contributed by atoms with van der Waals surface area (Å²) in [5, 5.41) is 6.60. The van der Waals surface area contributed by atoms with Crippen LogP contribution in [-0.4, -0.2) is 32.9 Å². The second-order valence-electron chi connectivity index (χ2n) is 8.14. The van der Waals surface area contributed by atoms with Crippen molar-refractivity contribution < 1.29 is 0 Å². The first-order chi connectivity index (χ1) is 14.7. The van der Waals surface area contributed by atoms with Gasteiger partial charge < -0.3 is 10.3 Å². The Morgan fingerprint density at radius 3 is 2.57 bits per heavy atom. The minimum Gasteiger partial charge on any atom is -0.346 e. The van der Waals surface area contributed by atoms with E-state index in [-0.39, 0.29) is 0 Å². The fourth-order valence-corrected chi connectivity index (χ4v) is 5.02. The number of nitrogens with zero attached hydrogens (tertiary/aromatic N) is 3. The third-order valence-corrected chi connectivity index (χ3v) is 6.75. The standard InChI is InChI=1S/C24H27N5S/c1-17-14-21(30-16-17)22-20-10-11-25-23(20)28-24(27-22)26-19-8-6-18(7-9-19)15-29-12-4-2-3-5-13-29/h6-11,14,16H,2-5,12-13,15H2,1H3,(H2,25,26,27,28). The molecule has 154 valence electrons. The van der Waals surface area contributed by atoms with E-state index in [1.807, 2.05) is 12.3 Å². The van der Waals surface area contributed by atoms with E-state index in [2.05, 4.69) is 62.8 Å².